The van der Waals surface area contributed by atoms with E-state index in [1.807, 2.05) is 28.7 Å². The maximum atomic E-state index is 6.73. The molecular weight excluding hydrogens is 829 g/mol. The highest BCUT2D eigenvalue weighted by atomic mass is 32.1. The van der Waals surface area contributed by atoms with Crippen molar-refractivity contribution in [3.05, 3.63) is 218 Å². The van der Waals surface area contributed by atoms with Gasteiger partial charge in [-0.15, -0.1) is 22.7 Å². The van der Waals surface area contributed by atoms with Gasteiger partial charge < -0.3 is 13.9 Å². The number of hydrogen-bond acceptors (Lipinski definition) is 4. The summed E-state index contributed by atoms with van der Waals surface area (Å²) in [5, 5.41) is 9.80. The predicted molar refractivity (Wildman–Crippen MR) is 279 cm³/mol. The highest BCUT2D eigenvalue weighted by Crippen LogP contribution is 2.51. The van der Waals surface area contributed by atoms with E-state index in [1.54, 1.807) is 0 Å². The Hall–Kier alpha value is -7.96. The van der Waals surface area contributed by atoms with Gasteiger partial charge >= 0.3 is 0 Å². The van der Waals surface area contributed by atoms with Crippen LogP contribution in [-0.2, 0) is 0 Å². The van der Waals surface area contributed by atoms with Crippen molar-refractivity contribution < 1.29 is 4.42 Å². The van der Waals surface area contributed by atoms with Gasteiger partial charge in [0.2, 0.25) is 0 Å². The molecule has 0 radical (unpaired) electrons. The number of fused-ring (bicyclic) bond motifs is 12. The second-order valence-electron chi connectivity index (χ2n) is 16.8. The second kappa shape index (κ2) is 14.3. The number of anilines is 3. The minimum absolute atomic E-state index is 0.892. The SMILES string of the molecule is c1ccc(N(c2cc(-c3ccc(-n4c5ccccc5c5ccccc54)cc3)c3sc4ccccc4c3c2)c2cccc3c2sc2ccccc23)c(-c2cccc3c2oc2ccccc23)c1. The molecule has 14 rings (SSSR count). The van der Waals surface area contributed by atoms with Crippen molar-refractivity contribution in [1.29, 1.82) is 0 Å². The lowest BCUT2D eigenvalue weighted by Gasteiger charge is -2.29. The van der Waals surface area contributed by atoms with Gasteiger partial charge in [-0.25, -0.2) is 0 Å². The summed E-state index contributed by atoms with van der Waals surface area (Å²) in [6, 6.07) is 79.7. The summed E-state index contributed by atoms with van der Waals surface area (Å²) < 4.78 is 14.2. The summed E-state index contributed by atoms with van der Waals surface area (Å²) in [7, 11) is 0. The van der Waals surface area contributed by atoms with Crippen LogP contribution in [0.2, 0.25) is 0 Å². The van der Waals surface area contributed by atoms with E-state index in [9.17, 15) is 0 Å². The Labute approximate surface area is 381 Å². The van der Waals surface area contributed by atoms with Crippen molar-refractivity contribution >= 4 is 124 Å². The number of aromatic nitrogens is 1. The summed E-state index contributed by atoms with van der Waals surface area (Å²) in [6.45, 7) is 0. The van der Waals surface area contributed by atoms with Crippen LogP contribution in [0.1, 0.15) is 0 Å². The fourth-order valence-corrected chi connectivity index (χ4v) is 12.7. The van der Waals surface area contributed by atoms with Crippen molar-refractivity contribution in [1.82, 2.24) is 4.57 Å². The van der Waals surface area contributed by atoms with Crippen LogP contribution in [0.25, 0.3) is 112 Å². The van der Waals surface area contributed by atoms with E-state index >= 15 is 0 Å². The molecule has 0 aliphatic rings. The van der Waals surface area contributed by atoms with Crippen molar-refractivity contribution in [2.75, 3.05) is 4.90 Å². The summed E-state index contributed by atoms with van der Waals surface area (Å²) >= 11 is 3.74. The smallest absolute Gasteiger partial charge is 0.143 e. The summed E-state index contributed by atoms with van der Waals surface area (Å²) in [4.78, 5) is 2.51. The van der Waals surface area contributed by atoms with Gasteiger partial charge in [0, 0.05) is 85.3 Å². The van der Waals surface area contributed by atoms with Crippen molar-refractivity contribution in [2.45, 2.75) is 0 Å². The summed E-state index contributed by atoms with van der Waals surface area (Å²) in [5.41, 5.74) is 13.2. The fourth-order valence-electron chi connectivity index (χ4n) is 10.3. The molecule has 65 heavy (non-hydrogen) atoms. The van der Waals surface area contributed by atoms with Crippen LogP contribution < -0.4 is 4.90 Å². The molecule has 0 aliphatic carbocycles. The van der Waals surface area contributed by atoms with E-state index in [-0.39, 0.29) is 0 Å². The van der Waals surface area contributed by atoms with E-state index in [2.05, 4.69) is 222 Å². The maximum Gasteiger partial charge on any atom is 0.143 e. The first-order chi connectivity index (χ1) is 32.2. The molecule has 0 aliphatic heterocycles. The van der Waals surface area contributed by atoms with Crippen LogP contribution in [0.15, 0.2) is 223 Å². The van der Waals surface area contributed by atoms with Crippen molar-refractivity contribution in [3.63, 3.8) is 0 Å². The number of hydrogen-bond donors (Lipinski definition) is 0. The first-order valence-corrected chi connectivity index (χ1v) is 23.6. The largest absolute Gasteiger partial charge is 0.455 e. The van der Waals surface area contributed by atoms with E-state index in [4.69, 9.17) is 4.42 Å². The number of thiophene rings is 2. The predicted octanol–water partition coefficient (Wildman–Crippen LogP) is 18.2. The number of nitrogens with zero attached hydrogens (tertiary/aromatic N) is 2. The Kier molecular flexibility index (Phi) is 8.02. The first kappa shape index (κ1) is 36.5. The van der Waals surface area contributed by atoms with E-state index in [1.165, 1.54) is 73.3 Å². The van der Waals surface area contributed by atoms with Gasteiger partial charge in [0.05, 0.1) is 27.1 Å². The fraction of sp³-hybridized carbons (Fsp3) is 0. The first-order valence-electron chi connectivity index (χ1n) is 22.0. The maximum absolute atomic E-state index is 6.73. The van der Waals surface area contributed by atoms with Crippen LogP contribution in [0, 0.1) is 0 Å². The molecule has 0 spiro atoms. The molecule has 5 heteroatoms. The standard InChI is InChI=1S/C60H36N2OS2/c1-7-24-51-40(15-1)41-16-2-8-25-52(41)61(51)38-33-31-37(32-34-38)49-35-39(36-50-45-20-6-12-30-57(45)64-59(49)50)62(54-27-14-23-48-44-19-5-11-29-56(44)65-60(48)54)53-26-9-3-17-42(53)46-21-13-22-47-43-18-4-10-28-55(43)63-58(46)47/h1-36H. The van der Waals surface area contributed by atoms with Crippen LogP contribution in [-0.4, -0.2) is 4.57 Å². The van der Waals surface area contributed by atoms with Gasteiger partial charge in [-0.1, -0.05) is 152 Å². The lowest BCUT2D eigenvalue weighted by atomic mass is 9.97. The molecule has 0 unspecified atom stereocenters. The zero-order valence-electron chi connectivity index (χ0n) is 34.9. The third kappa shape index (κ3) is 5.53. The van der Waals surface area contributed by atoms with Crippen LogP contribution in [0.3, 0.4) is 0 Å². The van der Waals surface area contributed by atoms with E-state index in [0.29, 0.717) is 0 Å². The van der Waals surface area contributed by atoms with Gasteiger partial charge in [0.1, 0.15) is 11.2 Å². The Morgan fingerprint density at radius 3 is 1.69 bits per heavy atom. The van der Waals surface area contributed by atoms with Crippen LogP contribution >= 0.6 is 22.7 Å². The Morgan fingerprint density at radius 2 is 0.923 bits per heavy atom. The molecule has 14 aromatic rings. The quantitative estimate of drug-likeness (QED) is 0.166. The van der Waals surface area contributed by atoms with Gasteiger partial charge in [-0.2, -0.15) is 0 Å². The topological polar surface area (TPSA) is 21.3 Å². The Bertz CT molecular complexity index is 4150. The molecule has 0 saturated heterocycles. The van der Waals surface area contributed by atoms with Crippen molar-refractivity contribution in [2.24, 2.45) is 0 Å². The number of benzene rings is 10. The van der Waals surface area contributed by atoms with E-state index in [0.717, 1.165) is 55.8 Å². The minimum atomic E-state index is 0.892. The molecule has 304 valence electrons. The molecule has 0 bridgehead atoms. The monoisotopic (exact) mass is 864 g/mol. The molecule has 0 amide bonds. The van der Waals surface area contributed by atoms with Crippen LogP contribution in [0.5, 0.6) is 0 Å². The average Bonchev–Trinajstić information content (AvgIpc) is 4.14. The van der Waals surface area contributed by atoms with Gasteiger partial charge in [-0.05, 0) is 72.3 Å². The highest BCUT2D eigenvalue weighted by Gasteiger charge is 2.25. The molecule has 10 aromatic carbocycles. The third-order valence-corrected chi connectivity index (χ3v) is 15.6. The lowest BCUT2D eigenvalue weighted by molar-refractivity contribution is 0.670. The second-order valence-corrected chi connectivity index (χ2v) is 18.9. The van der Waals surface area contributed by atoms with Crippen molar-refractivity contribution in [3.8, 4) is 27.9 Å². The third-order valence-electron chi connectivity index (χ3n) is 13.2. The number of rotatable bonds is 6. The molecule has 4 heterocycles. The Balaban J connectivity index is 1.04. The lowest BCUT2D eigenvalue weighted by Crippen LogP contribution is -2.11. The summed E-state index contributed by atoms with van der Waals surface area (Å²) in [6.07, 6.45) is 0. The minimum Gasteiger partial charge on any atom is -0.455 e. The number of furan rings is 1. The molecule has 0 fully saturated rings. The van der Waals surface area contributed by atoms with E-state index < -0.39 is 0 Å². The molecule has 4 aromatic heterocycles. The van der Waals surface area contributed by atoms with Gasteiger partial charge in [-0.3, -0.25) is 0 Å². The highest BCUT2D eigenvalue weighted by molar-refractivity contribution is 7.26. The normalized spacial score (nSPS) is 12.0. The summed E-state index contributed by atoms with van der Waals surface area (Å²) in [5.74, 6) is 0. The molecule has 3 nitrogen and oxygen atoms in total. The molecule has 0 N–H and O–H groups in total. The zero-order valence-corrected chi connectivity index (χ0v) is 36.5. The van der Waals surface area contributed by atoms with Crippen LogP contribution in [0.4, 0.5) is 17.1 Å². The van der Waals surface area contributed by atoms with Gasteiger partial charge in [0.15, 0.2) is 0 Å². The molecule has 0 saturated carbocycles. The Morgan fingerprint density at radius 1 is 0.369 bits per heavy atom. The molecule has 0 atom stereocenters. The number of para-hydroxylation sites is 5. The zero-order chi connectivity index (χ0) is 42.6. The van der Waals surface area contributed by atoms with Gasteiger partial charge in [0.25, 0.3) is 0 Å². The average molecular weight is 865 g/mol. The molecular formula is C60H36N2OS2.